The molecule has 3 atom stereocenters. The highest BCUT2D eigenvalue weighted by molar-refractivity contribution is 6.20. The largest absolute Gasteiger partial charge is 0.123 e. The lowest BCUT2D eigenvalue weighted by atomic mass is 9.77. The minimum atomic E-state index is 0.358. The number of hydrogen-bond acceptors (Lipinski definition) is 0. The van der Waals surface area contributed by atoms with Crippen molar-refractivity contribution in [1.82, 2.24) is 0 Å². The molecule has 0 aromatic heterocycles. The van der Waals surface area contributed by atoms with E-state index in [-0.39, 0.29) is 0 Å². The number of benzene rings is 2. The van der Waals surface area contributed by atoms with E-state index < -0.39 is 0 Å². The molecule has 106 valence electrons. The molecule has 0 heterocycles. The Morgan fingerprint density at radius 2 is 1.85 bits per heavy atom. The zero-order valence-corrected chi connectivity index (χ0v) is 12.9. The van der Waals surface area contributed by atoms with Gasteiger partial charge in [0.25, 0.3) is 0 Å². The molecule has 2 aromatic carbocycles. The Hall–Kier alpha value is -1.01. The SMILES string of the molecule is CCC1CCC(Cl)C(Cc2cccc3ccccc23)C1. The fraction of sp³-hybridized carbons (Fsp3) is 0.474. The highest BCUT2D eigenvalue weighted by Gasteiger charge is 2.28. The predicted octanol–water partition coefficient (Wildman–Crippen LogP) is 5.82. The van der Waals surface area contributed by atoms with E-state index in [1.165, 1.54) is 42.0 Å². The summed E-state index contributed by atoms with van der Waals surface area (Å²) in [5, 5.41) is 3.10. The monoisotopic (exact) mass is 286 g/mol. The molecule has 0 spiro atoms. The Labute approximate surface area is 127 Å². The van der Waals surface area contributed by atoms with Gasteiger partial charge in [0.05, 0.1) is 0 Å². The average molecular weight is 287 g/mol. The lowest BCUT2D eigenvalue weighted by Crippen LogP contribution is -2.27. The average Bonchev–Trinajstić information content (AvgIpc) is 2.50. The van der Waals surface area contributed by atoms with Gasteiger partial charge in [-0.1, -0.05) is 55.8 Å². The van der Waals surface area contributed by atoms with Gasteiger partial charge in [-0.3, -0.25) is 0 Å². The van der Waals surface area contributed by atoms with Crippen molar-refractivity contribution in [2.75, 3.05) is 0 Å². The first-order valence-corrected chi connectivity index (χ1v) is 8.32. The summed E-state index contributed by atoms with van der Waals surface area (Å²) in [7, 11) is 0. The van der Waals surface area contributed by atoms with Gasteiger partial charge in [0.1, 0.15) is 0 Å². The van der Waals surface area contributed by atoms with Crippen LogP contribution >= 0.6 is 11.6 Å². The van der Waals surface area contributed by atoms with Crippen molar-refractivity contribution in [2.24, 2.45) is 11.8 Å². The molecule has 1 aliphatic carbocycles. The van der Waals surface area contributed by atoms with E-state index in [9.17, 15) is 0 Å². The minimum Gasteiger partial charge on any atom is -0.123 e. The zero-order valence-electron chi connectivity index (χ0n) is 12.2. The van der Waals surface area contributed by atoms with Gasteiger partial charge in [0.15, 0.2) is 0 Å². The summed E-state index contributed by atoms with van der Waals surface area (Å²) in [6.45, 7) is 2.31. The van der Waals surface area contributed by atoms with Gasteiger partial charge in [-0.2, -0.15) is 0 Å². The van der Waals surface area contributed by atoms with Gasteiger partial charge in [0.2, 0.25) is 0 Å². The molecule has 3 rings (SSSR count). The van der Waals surface area contributed by atoms with E-state index >= 15 is 0 Å². The molecule has 1 aliphatic rings. The lowest BCUT2D eigenvalue weighted by Gasteiger charge is -2.33. The second-order valence-electron chi connectivity index (χ2n) is 6.21. The number of hydrogen-bond donors (Lipinski definition) is 0. The topological polar surface area (TPSA) is 0 Å². The zero-order chi connectivity index (χ0) is 13.9. The molecule has 0 amide bonds. The molecular formula is C19H23Cl. The molecule has 0 bridgehead atoms. The molecule has 0 N–H and O–H groups in total. The van der Waals surface area contributed by atoms with Crippen LogP contribution < -0.4 is 0 Å². The Morgan fingerprint density at radius 3 is 2.70 bits per heavy atom. The first-order chi connectivity index (χ1) is 9.78. The van der Waals surface area contributed by atoms with Crippen LogP contribution in [-0.2, 0) is 6.42 Å². The van der Waals surface area contributed by atoms with Crippen LogP contribution in [0, 0.1) is 11.8 Å². The number of rotatable bonds is 3. The van der Waals surface area contributed by atoms with Crippen LogP contribution in [0.2, 0.25) is 0 Å². The highest BCUT2D eigenvalue weighted by atomic mass is 35.5. The molecule has 0 radical (unpaired) electrons. The maximum atomic E-state index is 6.61. The van der Waals surface area contributed by atoms with E-state index in [0.29, 0.717) is 11.3 Å². The van der Waals surface area contributed by atoms with Crippen molar-refractivity contribution in [3.05, 3.63) is 48.0 Å². The third-order valence-corrected chi connectivity index (χ3v) is 5.51. The summed E-state index contributed by atoms with van der Waals surface area (Å²) in [4.78, 5) is 0. The minimum absolute atomic E-state index is 0.358. The first-order valence-electron chi connectivity index (χ1n) is 7.88. The van der Waals surface area contributed by atoms with E-state index in [4.69, 9.17) is 11.6 Å². The van der Waals surface area contributed by atoms with Gasteiger partial charge in [-0.15, -0.1) is 11.6 Å². The Balaban J connectivity index is 1.85. The maximum absolute atomic E-state index is 6.61. The first kappa shape index (κ1) is 13.9. The van der Waals surface area contributed by atoms with Gasteiger partial charge in [0, 0.05) is 5.38 Å². The lowest BCUT2D eigenvalue weighted by molar-refractivity contribution is 0.265. The summed E-state index contributed by atoms with van der Waals surface area (Å²) in [5.74, 6) is 1.52. The van der Waals surface area contributed by atoms with Crippen molar-refractivity contribution in [1.29, 1.82) is 0 Å². The van der Waals surface area contributed by atoms with Crippen LogP contribution in [0.5, 0.6) is 0 Å². The smallest absolute Gasteiger partial charge is 0.0367 e. The second kappa shape index (κ2) is 6.18. The van der Waals surface area contributed by atoms with E-state index in [1.807, 2.05) is 0 Å². The third kappa shape index (κ3) is 2.86. The normalized spacial score (nSPS) is 26.8. The van der Waals surface area contributed by atoms with Crippen LogP contribution in [0.3, 0.4) is 0 Å². The molecule has 0 saturated heterocycles. The van der Waals surface area contributed by atoms with Crippen LogP contribution in [0.25, 0.3) is 10.8 Å². The molecule has 0 nitrogen and oxygen atoms in total. The summed E-state index contributed by atoms with van der Waals surface area (Å²) in [6, 6.07) is 15.4. The summed E-state index contributed by atoms with van der Waals surface area (Å²) < 4.78 is 0. The molecule has 1 fully saturated rings. The molecule has 0 aliphatic heterocycles. The Kier molecular flexibility index (Phi) is 4.31. The summed E-state index contributed by atoms with van der Waals surface area (Å²) in [5.41, 5.74) is 1.47. The second-order valence-corrected chi connectivity index (χ2v) is 6.77. The van der Waals surface area contributed by atoms with Crippen LogP contribution in [0.1, 0.15) is 38.2 Å². The Bertz CT molecular complexity index is 569. The van der Waals surface area contributed by atoms with Crippen molar-refractivity contribution in [3.63, 3.8) is 0 Å². The maximum Gasteiger partial charge on any atom is 0.0367 e. The van der Waals surface area contributed by atoms with Crippen LogP contribution in [-0.4, -0.2) is 5.38 Å². The number of halogens is 1. The summed E-state index contributed by atoms with van der Waals surface area (Å²) in [6.07, 6.45) is 6.24. The van der Waals surface area contributed by atoms with Crippen LogP contribution in [0.15, 0.2) is 42.5 Å². The number of fused-ring (bicyclic) bond motifs is 1. The summed E-state index contributed by atoms with van der Waals surface area (Å²) >= 11 is 6.61. The van der Waals surface area contributed by atoms with E-state index in [1.54, 1.807) is 0 Å². The van der Waals surface area contributed by atoms with Crippen molar-refractivity contribution >= 4 is 22.4 Å². The molecule has 20 heavy (non-hydrogen) atoms. The third-order valence-electron chi connectivity index (χ3n) is 4.94. The van der Waals surface area contributed by atoms with E-state index in [2.05, 4.69) is 49.4 Å². The van der Waals surface area contributed by atoms with Crippen molar-refractivity contribution < 1.29 is 0 Å². The molecule has 1 saturated carbocycles. The Morgan fingerprint density at radius 1 is 1.05 bits per heavy atom. The fourth-order valence-electron chi connectivity index (χ4n) is 3.66. The predicted molar refractivity (Wildman–Crippen MR) is 88.4 cm³/mol. The molecular weight excluding hydrogens is 264 g/mol. The van der Waals surface area contributed by atoms with Gasteiger partial charge in [-0.25, -0.2) is 0 Å². The molecule has 2 aromatic rings. The van der Waals surface area contributed by atoms with Gasteiger partial charge < -0.3 is 0 Å². The van der Waals surface area contributed by atoms with E-state index in [0.717, 1.165) is 12.3 Å². The highest BCUT2D eigenvalue weighted by Crippen LogP contribution is 2.37. The molecule has 3 unspecified atom stereocenters. The van der Waals surface area contributed by atoms with Crippen LogP contribution in [0.4, 0.5) is 0 Å². The quantitative estimate of drug-likeness (QED) is 0.624. The standard InChI is InChI=1S/C19H23Cl/c1-2-14-10-11-19(20)17(12-14)13-16-8-5-7-15-6-3-4-9-18(15)16/h3-9,14,17,19H,2,10-13H2,1H3. The fourth-order valence-corrected chi connectivity index (χ4v) is 3.98. The van der Waals surface area contributed by atoms with Gasteiger partial charge >= 0.3 is 0 Å². The van der Waals surface area contributed by atoms with Gasteiger partial charge in [-0.05, 0) is 53.9 Å². The molecule has 1 heteroatoms. The van der Waals surface area contributed by atoms with Crippen molar-refractivity contribution in [3.8, 4) is 0 Å². The number of alkyl halides is 1. The van der Waals surface area contributed by atoms with Crippen molar-refractivity contribution in [2.45, 2.75) is 44.4 Å².